The maximum Gasteiger partial charge on any atom is 0.0648 e. The first-order valence-corrected chi connectivity index (χ1v) is 17.3. The molecule has 1 aliphatic heterocycles. The zero-order valence-corrected chi connectivity index (χ0v) is 25.3. The highest BCUT2D eigenvalue weighted by atomic mass is 127. The van der Waals surface area contributed by atoms with Crippen molar-refractivity contribution in [1.82, 2.24) is 0 Å². The van der Waals surface area contributed by atoms with Gasteiger partial charge in [0.15, 0.2) is 0 Å². The number of hydrogen-bond acceptors (Lipinski definition) is 2. The predicted molar refractivity (Wildman–Crippen MR) is 154 cm³/mol. The summed E-state index contributed by atoms with van der Waals surface area (Å²) in [5.74, 6) is 9.67. The van der Waals surface area contributed by atoms with Crippen molar-refractivity contribution in [3.05, 3.63) is 0 Å². The largest absolute Gasteiger partial charge is 0.143 e. The quantitative estimate of drug-likeness (QED) is 0.232. The van der Waals surface area contributed by atoms with Crippen molar-refractivity contribution < 1.29 is 0 Å². The summed E-state index contributed by atoms with van der Waals surface area (Å²) in [4.78, 5) is 0. The molecule has 4 aliphatic carbocycles. The molecule has 5 fully saturated rings. The lowest BCUT2D eigenvalue weighted by atomic mass is 9.44. The Kier molecular flexibility index (Phi) is 7.36. The highest BCUT2D eigenvalue weighted by Crippen LogP contribution is 2.74. The third-order valence-electron chi connectivity index (χ3n) is 11.6. The standard InChI is InChI=1S/C29H49IS2/c1-19(2)7-6-8-20(3)23-9-10-24-22-18-29(31-15-16-32-29)26-17-21(30)11-13-28(26,5)25(22)12-14-27(23,24)4/h19-26H,6-18H2,1-5H3/t20-,21+,22+,23-,24+,25+,26+,27-,28-/m1/s1. The molecule has 1 spiro atoms. The molecule has 9 atom stereocenters. The second-order valence-corrected chi connectivity index (χ2v) is 18.4. The SMILES string of the molecule is CC(C)CCC[C@@H](C)[C@H]1CC[C@H]2[C@@H]3CC4(SCCS4)[C@H]4C[C@@H](I)CC[C@]4(C)[C@H]3CC[C@]12C. The summed E-state index contributed by atoms with van der Waals surface area (Å²) < 4.78 is 1.50. The van der Waals surface area contributed by atoms with Crippen LogP contribution in [0.25, 0.3) is 0 Å². The number of hydrogen-bond donors (Lipinski definition) is 0. The van der Waals surface area contributed by atoms with Gasteiger partial charge in [-0.2, -0.15) is 0 Å². The van der Waals surface area contributed by atoms with E-state index in [1.54, 1.807) is 25.7 Å². The normalized spacial score (nSPS) is 48.5. The van der Waals surface area contributed by atoms with Gasteiger partial charge in [0.25, 0.3) is 0 Å². The first-order valence-electron chi connectivity index (χ1n) is 14.1. The number of rotatable bonds is 5. The van der Waals surface area contributed by atoms with Crippen LogP contribution in [0.4, 0.5) is 0 Å². The van der Waals surface area contributed by atoms with E-state index in [1.807, 2.05) is 0 Å². The topological polar surface area (TPSA) is 0 Å². The number of thioether (sulfide) groups is 2. The molecular formula is C29H49IS2. The molecule has 0 aromatic carbocycles. The summed E-state index contributed by atoms with van der Waals surface area (Å²) >= 11 is 7.65. The summed E-state index contributed by atoms with van der Waals surface area (Å²) in [5.41, 5.74) is 1.26. The molecule has 0 N–H and O–H groups in total. The van der Waals surface area contributed by atoms with Gasteiger partial charge in [-0.3, -0.25) is 0 Å². The van der Waals surface area contributed by atoms with Crippen LogP contribution in [0.3, 0.4) is 0 Å². The van der Waals surface area contributed by atoms with Gasteiger partial charge in [0.05, 0.1) is 4.08 Å². The summed E-state index contributed by atoms with van der Waals surface area (Å²) in [7, 11) is 0. The van der Waals surface area contributed by atoms with Crippen molar-refractivity contribution in [1.29, 1.82) is 0 Å². The van der Waals surface area contributed by atoms with E-state index in [4.69, 9.17) is 0 Å². The van der Waals surface area contributed by atoms with Gasteiger partial charge in [-0.1, -0.05) is 76.5 Å². The van der Waals surface area contributed by atoms with E-state index in [0.717, 1.165) is 45.3 Å². The molecule has 1 heterocycles. The van der Waals surface area contributed by atoms with Gasteiger partial charge in [-0.05, 0) is 104 Å². The molecule has 5 aliphatic rings. The third-order valence-corrected chi connectivity index (χ3v) is 16.4. The fraction of sp³-hybridized carbons (Fsp3) is 1.00. The van der Waals surface area contributed by atoms with Crippen LogP contribution in [0.5, 0.6) is 0 Å². The van der Waals surface area contributed by atoms with Gasteiger partial charge < -0.3 is 0 Å². The zero-order valence-electron chi connectivity index (χ0n) is 21.5. The van der Waals surface area contributed by atoms with Gasteiger partial charge in [-0.15, -0.1) is 23.5 Å². The molecule has 5 rings (SSSR count). The summed E-state index contributed by atoms with van der Waals surface area (Å²) in [6.07, 6.45) is 16.6. The monoisotopic (exact) mass is 588 g/mol. The van der Waals surface area contributed by atoms with Crippen LogP contribution >= 0.6 is 46.1 Å². The molecule has 0 aromatic heterocycles. The van der Waals surface area contributed by atoms with Gasteiger partial charge in [0.1, 0.15) is 0 Å². The van der Waals surface area contributed by atoms with Crippen LogP contribution in [0.15, 0.2) is 0 Å². The molecule has 0 radical (unpaired) electrons. The summed E-state index contributed by atoms with van der Waals surface area (Å²) in [6, 6.07) is 0. The molecular weight excluding hydrogens is 539 g/mol. The van der Waals surface area contributed by atoms with E-state index in [1.165, 1.54) is 56.5 Å². The molecule has 3 heteroatoms. The van der Waals surface area contributed by atoms with E-state index in [0.29, 0.717) is 14.9 Å². The average molecular weight is 589 g/mol. The lowest BCUT2D eigenvalue weighted by Gasteiger charge is -2.65. The van der Waals surface area contributed by atoms with Crippen molar-refractivity contribution >= 4 is 46.1 Å². The summed E-state index contributed by atoms with van der Waals surface area (Å²) in [6.45, 7) is 13.0. The van der Waals surface area contributed by atoms with Crippen LogP contribution in [-0.4, -0.2) is 19.5 Å². The van der Waals surface area contributed by atoms with Gasteiger partial charge in [0.2, 0.25) is 0 Å². The van der Waals surface area contributed by atoms with Crippen LogP contribution in [0.1, 0.15) is 105 Å². The van der Waals surface area contributed by atoms with E-state index >= 15 is 0 Å². The number of fused-ring (bicyclic) bond motifs is 6. The van der Waals surface area contributed by atoms with Crippen LogP contribution in [-0.2, 0) is 0 Å². The van der Waals surface area contributed by atoms with Crippen molar-refractivity contribution in [2.45, 2.75) is 113 Å². The first kappa shape index (κ1) is 25.1. The minimum absolute atomic E-state index is 0.568. The molecule has 0 bridgehead atoms. The fourth-order valence-electron chi connectivity index (χ4n) is 10.1. The second-order valence-electron chi connectivity index (χ2n) is 13.6. The molecule has 32 heavy (non-hydrogen) atoms. The van der Waals surface area contributed by atoms with Crippen LogP contribution in [0.2, 0.25) is 0 Å². The molecule has 0 unspecified atom stereocenters. The Hall–Kier alpha value is 1.43. The Morgan fingerprint density at radius 3 is 2.28 bits per heavy atom. The van der Waals surface area contributed by atoms with E-state index in [-0.39, 0.29) is 0 Å². The molecule has 0 amide bonds. The predicted octanol–water partition coefficient (Wildman–Crippen LogP) is 9.70. The Balaban J connectivity index is 1.39. The van der Waals surface area contributed by atoms with Crippen LogP contribution < -0.4 is 0 Å². The van der Waals surface area contributed by atoms with Gasteiger partial charge >= 0.3 is 0 Å². The molecule has 4 saturated carbocycles. The Morgan fingerprint density at radius 2 is 1.56 bits per heavy atom. The van der Waals surface area contributed by atoms with Gasteiger partial charge in [0, 0.05) is 15.4 Å². The maximum absolute atomic E-state index is 2.80. The minimum Gasteiger partial charge on any atom is -0.143 e. The van der Waals surface area contributed by atoms with Crippen molar-refractivity contribution in [3.8, 4) is 0 Å². The van der Waals surface area contributed by atoms with E-state index in [9.17, 15) is 0 Å². The lowest BCUT2D eigenvalue weighted by Crippen LogP contribution is -2.60. The Bertz CT molecular complexity index is 672. The smallest absolute Gasteiger partial charge is 0.0648 e. The first-order chi connectivity index (χ1) is 15.2. The summed E-state index contributed by atoms with van der Waals surface area (Å²) in [5, 5.41) is 0. The van der Waals surface area contributed by atoms with Crippen molar-refractivity contribution in [2.75, 3.05) is 11.5 Å². The third kappa shape index (κ3) is 4.08. The van der Waals surface area contributed by atoms with Crippen LogP contribution in [0, 0.1) is 52.3 Å². The second kappa shape index (κ2) is 9.38. The van der Waals surface area contributed by atoms with Crippen molar-refractivity contribution in [3.63, 3.8) is 0 Å². The van der Waals surface area contributed by atoms with E-state index < -0.39 is 0 Å². The highest BCUT2D eigenvalue weighted by Gasteiger charge is 2.66. The number of halogens is 1. The molecule has 0 aromatic rings. The lowest BCUT2D eigenvalue weighted by molar-refractivity contribution is -0.114. The zero-order chi connectivity index (χ0) is 22.7. The maximum atomic E-state index is 2.80. The van der Waals surface area contributed by atoms with E-state index in [2.05, 4.69) is 80.7 Å². The minimum atomic E-state index is 0.568. The van der Waals surface area contributed by atoms with Crippen molar-refractivity contribution in [2.24, 2.45) is 52.3 Å². The number of alkyl halides is 1. The average Bonchev–Trinajstić information content (AvgIpc) is 3.34. The molecule has 0 nitrogen and oxygen atoms in total. The van der Waals surface area contributed by atoms with Gasteiger partial charge in [-0.25, -0.2) is 0 Å². The Morgan fingerprint density at radius 1 is 0.875 bits per heavy atom. The highest BCUT2D eigenvalue weighted by molar-refractivity contribution is 14.1. The fourth-order valence-corrected chi connectivity index (χ4v) is 14.9. The molecule has 1 saturated heterocycles. The Labute approximate surface area is 221 Å². The molecule has 184 valence electrons.